The van der Waals surface area contributed by atoms with Crippen molar-refractivity contribution >= 4 is 22.9 Å². The summed E-state index contributed by atoms with van der Waals surface area (Å²) in [5, 5.41) is 0. The van der Waals surface area contributed by atoms with Crippen molar-refractivity contribution in [2.75, 3.05) is 7.11 Å². The van der Waals surface area contributed by atoms with Crippen molar-refractivity contribution in [2.45, 2.75) is 33.7 Å². The van der Waals surface area contributed by atoms with E-state index in [2.05, 4.69) is 11.1 Å². The lowest BCUT2D eigenvalue weighted by Crippen LogP contribution is -2.43. The Hall–Kier alpha value is -3.62. The molecule has 0 N–H and O–H groups in total. The largest absolute Gasteiger partial charge is 0.467 e. The molecular formula is C21H23N5O4. The average molecular weight is 409 g/mol. The smallest absolute Gasteiger partial charge is 0.333 e. The summed E-state index contributed by atoms with van der Waals surface area (Å²) in [4.78, 5) is 42.7. The molecule has 1 aromatic carbocycles. The molecule has 3 heterocycles. The van der Waals surface area contributed by atoms with Crippen LogP contribution in [0.1, 0.15) is 29.8 Å². The first-order chi connectivity index (χ1) is 14.2. The predicted molar refractivity (Wildman–Crippen MR) is 112 cm³/mol. The normalized spacial score (nSPS) is 12.6. The number of methoxy groups -OCH3 is 1. The van der Waals surface area contributed by atoms with E-state index in [0.717, 1.165) is 21.5 Å². The molecule has 0 radical (unpaired) electrons. The predicted octanol–water partition coefficient (Wildman–Crippen LogP) is 1.80. The molecule has 0 unspecified atom stereocenters. The van der Waals surface area contributed by atoms with E-state index >= 15 is 0 Å². The first-order valence-corrected chi connectivity index (χ1v) is 9.54. The lowest BCUT2D eigenvalue weighted by molar-refractivity contribution is -0.144. The highest BCUT2D eigenvalue weighted by atomic mass is 16.5. The Kier molecular flexibility index (Phi) is 4.41. The number of imidazole rings is 2. The van der Waals surface area contributed by atoms with Crippen LogP contribution in [0.15, 0.2) is 34.0 Å². The Bertz CT molecular complexity index is 1450. The molecule has 0 bridgehead atoms. The summed E-state index contributed by atoms with van der Waals surface area (Å²) in [7, 11) is 2.75. The van der Waals surface area contributed by atoms with Gasteiger partial charge in [-0.1, -0.05) is 6.07 Å². The van der Waals surface area contributed by atoms with Gasteiger partial charge in [0.2, 0.25) is 5.78 Å². The number of rotatable bonds is 3. The summed E-state index contributed by atoms with van der Waals surface area (Å²) < 4.78 is 10.5. The van der Waals surface area contributed by atoms with Crippen molar-refractivity contribution in [3.8, 4) is 5.69 Å². The minimum atomic E-state index is -1.06. The fraction of sp³-hybridized carbons (Fsp3) is 0.333. The second-order valence-corrected chi connectivity index (χ2v) is 7.54. The number of ether oxygens (including phenoxy) is 1. The van der Waals surface area contributed by atoms with Crippen LogP contribution < -0.4 is 11.2 Å². The van der Waals surface area contributed by atoms with Crippen LogP contribution in [0.4, 0.5) is 0 Å². The van der Waals surface area contributed by atoms with Crippen LogP contribution in [0.5, 0.6) is 0 Å². The minimum Gasteiger partial charge on any atom is -0.467 e. The number of aryl methyl sites for hydroxylation is 4. The molecule has 9 nitrogen and oxygen atoms in total. The first-order valence-electron chi connectivity index (χ1n) is 9.54. The maximum atomic E-state index is 13.3. The van der Waals surface area contributed by atoms with E-state index in [-0.39, 0.29) is 11.2 Å². The molecule has 4 aromatic rings. The van der Waals surface area contributed by atoms with Crippen molar-refractivity contribution in [1.29, 1.82) is 0 Å². The SMILES string of the molecule is COC(=O)[C@H](C)n1c(=O)c2c(nc3n(-c4ccc(C)c(C)c4)c(C)cn23)n(C)c1=O. The summed E-state index contributed by atoms with van der Waals surface area (Å²) in [6.45, 7) is 7.47. The molecule has 0 saturated carbocycles. The number of hydrogen-bond acceptors (Lipinski definition) is 5. The fourth-order valence-corrected chi connectivity index (χ4v) is 3.78. The van der Waals surface area contributed by atoms with Crippen molar-refractivity contribution < 1.29 is 9.53 Å². The van der Waals surface area contributed by atoms with Crippen LogP contribution in [0.3, 0.4) is 0 Å². The molecular weight excluding hydrogens is 386 g/mol. The molecule has 4 rings (SSSR count). The van der Waals surface area contributed by atoms with Crippen LogP contribution in [-0.4, -0.2) is 36.2 Å². The Morgan fingerprint density at radius 3 is 2.47 bits per heavy atom. The van der Waals surface area contributed by atoms with Gasteiger partial charge in [0, 0.05) is 24.6 Å². The van der Waals surface area contributed by atoms with Gasteiger partial charge in [-0.15, -0.1) is 0 Å². The molecule has 0 spiro atoms. The van der Waals surface area contributed by atoms with Gasteiger partial charge in [0.25, 0.3) is 5.56 Å². The van der Waals surface area contributed by atoms with Gasteiger partial charge in [-0.2, -0.15) is 4.98 Å². The van der Waals surface area contributed by atoms with Gasteiger partial charge in [0.05, 0.1) is 7.11 Å². The van der Waals surface area contributed by atoms with Crippen LogP contribution in [0.25, 0.3) is 22.6 Å². The Balaban J connectivity index is 2.10. The first kappa shape index (κ1) is 19.7. The number of carbonyl (C=O) groups is 1. The van der Waals surface area contributed by atoms with E-state index < -0.39 is 23.3 Å². The standard InChI is InChI=1S/C21H23N5O4/c1-11-7-8-15(9-12(11)2)25-13(3)10-24-16-17(22-20(24)25)23(5)21(29)26(18(16)27)14(4)19(28)30-6/h7-10,14H,1-6H3/t14-/m0/s1. The third kappa shape index (κ3) is 2.62. The third-order valence-electron chi connectivity index (χ3n) is 5.65. The lowest BCUT2D eigenvalue weighted by Gasteiger charge is -2.13. The molecule has 30 heavy (non-hydrogen) atoms. The highest BCUT2D eigenvalue weighted by Crippen LogP contribution is 2.22. The number of aromatic nitrogens is 5. The summed E-state index contributed by atoms with van der Waals surface area (Å²) >= 11 is 0. The molecule has 0 amide bonds. The highest BCUT2D eigenvalue weighted by Gasteiger charge is 2.26. The van der Waals surface area contributed by atoms with E-state index in [4.69, 9.17) is 4.74 Å². The zero-order chi connectivity index (χ0) is 21.9. The van der Waals surface area contributed by atoms with Crippen molar-refractivity contribution in [1.82, 2.24) is 23.1 Å². The second-order valence-electron chi connectivity index (χ2n) is 7.54. The van der Waals surface area contributed by atoms with E-state index in [1.807, 2.05) is 37.5 Å². The summed E-state index contributed by atoms with van der Waals surface area (Å²) in [5.41, 5.74) is 3.38. The number of nitrogens with zero attached hydrogens (tertiary/aromatic N) is 5. The molecule has 0 fully saturated rings. The van der Waals surface area contributed by atoms with Crippen molar-refractivity contribution in [3.05, 3.63) is 62.1 Å². The minimum absolute atomic E-state index is 0.230. The molecule has 1 atom stereocenters. The average Bonchev–Trinajstić information content (AvgIpc) is 3.22. The van der Waals surface area contributed by atoms with Gasteiger partial charge < -0.3 is 4.74 Å². The Morgan fingerprint density at radius 1 is 1.13 bits per heavy atom. The fourth-order valence-electron chi connectivity index (χ4n) is 3.78. The molecule has 0 aliphatic rings. The van der Waals surface area contributed by atoms with Crippen LogP contribution in [0.2, 0.25) is 0 Å². The zero-order valence-electron chi connectivity index (χ0n) is 17.8. The van der Waals surface area contributed by atoms with Gasteiger partial charge in [-0.3, -0.25) is 18.3 Å². The quantitative estimate of drug-likeness (QED) is 0.481. The van der Waals surface area contributed by atoms with Gasteiger partial charge in [0.15, 0.2) is 11.2 Å². The lowest BCUT2D eigenvalue weighted by atomic mass is 10.1. The van der Waals surface area contributed by atoms with Gasteiger partial charge in [-0.05, 0) is 51.0 Å². The van der Waals surface area contributed by atoms with Crippen LogP contribution >= 0.6 is 0 Å². The number of benzene rings is 1. The number of fused-ring (bicyclic) bond motifs is 3. The molecule has 9 heteroatoms. The third-order valence-corrected chi connectivity index (χ3v) is 5.65. The molecule has 156 valence electrons. The van der Waals surface area contributed by atoms with E-state index in [9.17, 15) is 14.4 Å². The van der Waals surface area contributed by atoms with Gasteiger partial charge in [0.1, 0.15) is 6.04 Å². The van der Waals surface area contributed by atoms with Crippen molar-refractivity contribution in [2.24, 2.45) is 7.05 Å². The topological polar surface area (TPSA) is 92.5 Å². The zero-order valence-corrected chi connectivity index (χ0v) is 17.8. The monoisotopic (exact) mass is 409 g/mol. The second kappa shape index (κ2) is 6.72. The summed E-state index contributed by atoms with van der Waals surface area (Å²) in [5.74, 6) is -0.153. The Labute approximate surface area is 171 Å². The summed E-state index contributed by atoms with van der Waals surface area (Å²) in [6.07, 6.45) is 1.80. The van der Waals surface area contributed by atoms with Crippen molar-refractivity contribution in [3.63, 3.8) is 0 Å². The molecule has 0 saturated heterocycles. The van der Waals surface area contributed by atoms with E-state index in [1.165, 1.54) is 31.2 Å². The van der Waals surface area contributed by atoms with Crippen LogP contribution in [0, 0.1) is 20.8 Å². The van der Waals surface area contributed by atoms with Gasteiger partial charge in [-0.25, -0.2) is 14.2 Å². The highest BCUT2D eigenvalue weighted by molar-refractivity contribution is 5.78. The Morgan fingerprint density at radius 2 is 1.83 bits per heavy atom. The molecule has 0 aliphatic heterocycles. The maximum absolute atomic E-state index is 13.3. The van der Waals surface area contributed by atoms with Gasteiger partial charge >= 0.3 is 11.7 Å². The maximum Gasteiger partial charge on any atom is 0.333 e. The number of carbonyl (C=O) groups excluding carboxylic acids is 1. The van der Waals surface area contributed by atoms with E-state index in [1.54, 1.807) is 10.6 Å². The summed E-state index contributed by atoms with van der Waals surface area (Å²) in [6, 6.07) is 5.02. The molecule has 3 aromatic heterocycles. The molecule has 0 aliphatic carbocycles. The van der Waals surface area contributed by atoms with E-state index in [0.29, 0.717) is 5.78 Å². The van der Waals surface area contributed by atoms with Crippen LogP contribution in [-0.2, 0) is 16.6 Å². The number of hydrogen-bond donors (Lipinski definition) is 0. The number of esters is 1.